The zero-order valence-corrected chi connectivity index (χ0v) is 14.9. The number of primary amides is 1. The molecular formula is C17H21N5O2S. The van der Waals surface area contributed by atoms with Gasteiger partial charge in [0.15, 0.2) is 0 Å². The molecule has 1 atom stereocenters. The summed E-state index contributed by atoms with van der Waals surface area (Å²) in [7, 11) is 0. The minimum absolute atomic E-state index is 0.00448. The Bertz CT molecular complexity index is 776. The van der Waals surface area contributed by atoms with Crippen molar-refractivity contribution < 1.29 is 9.59 Å². The number of carbonyl (C=O) groups is 2. The van der Waals surface area contributed by atoms with E-state index in [-0.39, 0.29) is 18.4 Å². The van der Waals surface area contributed by atoms with Crippen molar-refractivity contribution in [2.75, 3.05) is 19.3 Å². The van der Waals surface area contributed by atoms with E-state index in [1.807, 2.05) is 17.2 Å². The number of thioether (sulfide) groups is 1. The van der Waals surface area contributed by atoms with Crippen LogP contribution in [0, 0.1) is 0 Å². The summed E-state index contributed by atoms with van der Waals surface area (Å²) < 4.78 is 1.78. The lowest BCUT2D eigenvalue weighted by atomic mass is 9.96. The van der Waals surface area contributed by atoms with Gasteiger partial charge in [0, 0.05) is 37.6 Å². The maximum atomic E-state index is 12.9. The summed E-state index contributed by atoms with van der Waals surface area (Å²) in [4.78, 5) is 34.7. The fourth-order valence-corrected chi connectivity index (χ4v) is 3.78. The Morgan fingerprint density at radius 1 is 1.36 bits per heavy atom. The third-order valence-corrected chi connectivity index (χ3v) is 5.05. The van der Waals surface area contributed by atoms with E-state index < -0.39 is 5.91 Å². The van der Waals surface area contributed by atoms with Gasteiger partial charge < -0.3 is 15.2 Å². The van der Waals surface area contributed by atoms with Crippen LogP contribution in [0.15, 0.2) is 35.7 Å². The fraction of sp³-hybridized carbons (Fsp3) is 0.412. The van der Waals surface area contributed by atoms with Crippen molar-refractivity contribution in [3.8, 4) is 0 Å². The molecule has 7 nitrogen and oxygen atoms in total. The third-order valence-electron chi connectivity index (χ3n) is 4.34. The van der Waals surface area contributed by atoms with Gasteiger partial charge >= 0.3 is 0 Å². The number of hydrogen-bond donors (Lipinski definition) is 1. The molecule has 0 bridgehead atoms. The normalized spacial score (nSPS) is 17.5. The molecule has 0 aliphatic carbocycles. The van der Waals surface area contributed by atoms with Crippen molar-refractivity contribution in [2.24, 2.45) is 5.73 Å². The molecule has 2 aromatic rings. The molecule has 1 aliphatic rings. The maximum absolute atomic E-state index is 12.9. The molecule has 0 unspecified atom stereocenters. The summed E-state index contributed by atoms with van der Waals surface area (Å²) in [5, 5.41) is 0.741. The van der Waals surface area contributed by atoms with Crippen molar-refractivity contribution in [1.82, 2.24) is 19.4 Å². The summed E-state index contributed by atoms with van der Waals surface area (Å²) in [5.41, 5.74) is 5.94. The van der Waals surface area contributed by atoms with Gasteiger partial charge in [-0.1, -0.05) is 0 Å². The van der Waals surface area contributed by atoms with Crippen LogP contribution in [0.5, 0.6) is 0 Å². The number of piperidine rings is 1. The molecule has 1 saturated heterocycles. The summed E-state index contributed by atoms with van der Waals surface area (Å²) in [6.07, 6.45) is 8.87. The molecule has 0 aromatic carbocycles. The lowest BCUT2D eigenvalue weighted by Gasteiger charge is -2.33. The SMILES string of the molecule is CSc1ncccc1C(=O)N1CCC[C@@H](c2nccn2CC(N)=O)C1. The van der Waals surface area contributed by atoms with Gasteiger partial charge in [-0.3, -0.25) is 9.59 Å². The average molecular weight is 359 g/mol. The van der Waals surface area contributed by atoms with E-state index in [2.05, 4.69) is 9.97 Å². The van der Waals surface area contributed by atoms with E-state index >= 15 is 0 Å². The van der Waals surface area contributed by atoms with Crippen molar-refractivity contribution in [3.05, 3.63) is 42.1 Å². The Hall–Kier alpha value is -2.35. The number of rotatable bonds is 5. The van der Waals surface area contributed by atoms with Crippen LogP contribution < -0.4 is 5.73 Å². The van der Waals surface area contributed by atoms with Crippen molar-refractivity contribution in [3.63, 3.8) is 0 Å². The number of pyridine rings is 1. The van der Waals surface area contributed by atoms with Gasteiger partial charge in [-0.2, -0.15) is 0 Å². The molecule has 1 aliphatic heterocycles. The van der Waals surface area contributed by atoms with Gasteiger partial charge in [-0.15, -0.1) is 11.8 Å². The number of aromatic nitrogens is 3. The van der Waals surface area contributed by atoms with Gasteiger partial charge in [0.1, 0.15) is 17.4 Å². The highest BCUT2D eigenvalue weighted by atomic mass is 32.2. The average Bonchev–Trinajstić information content (AvgIpc) is 3.08. The molecule has 0 spiro atoms. The first-order chi connectivity index (χ1) is 12.1. The third kappa shape index (κ3) is 3.84. The van der Waals surface area contributed by atoms with Gasteiger partial charge in [0.25, 0.3) is 5.91 Å². The van der Waals surface area contributed by atoms with Gasteiger partial charge in [0.2, 0.25) is 5.91 Å². The first-order valence-electron chi connectivity index (χ1n) is 8.17. The van der Waals surface area contributed by atoms with E-state index in [0.29, 0.717) is 18.7 Å². The lowest BCUT2D eigenvalue weighted by Crippen LogP contribution is -2.40. The first kappa shape index (κ1) is 17.5. The van der Waals surface area contributed by atoms with Gasteiger partial charge in [0.05, 0.1) is 5.56 Å². The molecule has 2 amide bonds. The molecule has 0 saturated carbocycles. The van der Waals surface area contributed by atoms with Crippen LogP contribution in [0.1, 0.15) is 34.9 Å². The molecule has 8 heteroatoms. The van der Waals surface area contributed by atoms with Crippen LogP contribution in [0.25, 0.3) is 0 Å². The molecule has 0 radical (unpaired) electrons. The molecular weight excluding hydrogens is 338 g/mol. The zero-order chi connectivity index (χ0) is 17.8. The maximum Gasteiger partial charge on any atom is 0.256 e. The number of nitrogens with zero attached hydrogens (tertiary/aromatic N) is 4. The quantitative estimate of drug-likeness (QED) is 0.817. The number of carbonyl (C=O) groups excluding carboxylic acids is 2. The van der Waals surface area contributed by atoms with Crippen LogP contribution in [0.2, 0.25) is 0 Å². The van der Waals surface area contributed by atoms with Crippen molar-refractivity contribution in [1.29, 1.82) is 0 Å². The second kappa shape index (κ2) is 7.69. The second-order valence-electron chi connectivity index (χ2n) is 6.03. The van der Waals surface area contributed by atoms with E-state index in [1.165, 1.54) is 11.8 Å². The highest BCUT2D eigenvalue weighted by molar-refractivity contribution is 7.98. The topological polar surface area (TPSA) is 94.1 Å². The van der Waals surface area contributed by atoms with E-state index in [4.69, 9.17) is 5.73 Å². The highest BCUT2D eigenvalue weighted by Crippen LogP contribution is 2.28. The van der Waals surface area contributed by atoms with Crippen LogP contribution in [0.3, 0.4) is 0 Å². The highest BCUT2D eigenvalue weighted by Gasteiger charge is 2.29. The Kier molecular flexibility index (Phi) is 5.37. The second-order valence-corrected chi connectivity index (χ2v) is 6.83. The van der Waals surface area contributed by atoms with E-state index in [0.717, 1.165) is 23.7 Å². The summed E-state index contributed by atoms with van der Waals surface area (Å²) in [5.74, 6) is 0.507. The van der Waals surface area contributed by atoms with Crippen LogP contribution >= 0.6 is 11.8 Å². The number of imidazole rings is 1. The molecule has 25 heavy (non-hydrogen) atoms. The summed E-state index contributed by atoms with van der Waals surface area (Å²) in [6, 6.07) is 3.60. The smallest absolute Gasteiger partial charge is 0.256 e. The van der Waals surface area contributed by atoms with Gasteiger partial charge in [-0.05, 0) is 31.2 Å². The van der Waals surface area contributed by atoms with Crippen molar-refractivity contribution in [2.45, 2.75) is 30.3 Å². The summed E-state index contributed by atoms with van der Waals surface area (Å²) >= 11 is 1.47. The molecule has 2 aromatic heterocycles. The van der Waals surface area contributed by atoms with Crippen LogP contribution in [0.4, 0.5) is 0 Å². The standard InChI is InChI=1S/C17H21N5O2S/c1-25-16-13(5-2-6-20-16)17(24)22-8-3-4-12(10-22)15-19-7-9-21(15)11-14(18)23/h2,5-7,9,12H,3-4,8,10-11H2,1H3,(H2,18,23)/t12-/m1/s1. The minimum atomic E-state index is -0.400. The zero-order valence-electron chi connectivity index (χ0n) is 14.1. The van der Waals surface area contributed by atoms with Crippen molar-refractivity contribution >= 4 is 23.6 Å². The van der Waals surface area contributed by atoms with Gasteiger partial charge in [-0.25, -0.2) is 9.97 Å². The number of likely N-dealkylation sites (tertiary alicyclic amines) is 1. The predicted molar refractivity (Wildman–Crippen MR) is 95.3 cm³/mol. The Morgan fingerprint density at radius 2 is 2.20 bits per heavy atom. The molecule has 2 N–H and O–H groups in total. The largest absolute Gasteiger partial charge is 0.368 e. The first-order valence-corrected chi connectivity index (χ1v) is 9.40. The Morgan fingerprint density at radius 3 is 2.96 bits per heavy atom. The minimum Gasteiger partial charge on any atom is -0.368 e. The molecule has 1 fully saturated rings. The monoisotopic (exact) mass is 359 g/mol. The van der Waals surface area contributed by atoms with Crippen LogP contribution in [-0.2, 0) is 11.3 Å². The fourth-order valence-electron chi connectivity index (χ4n) is 3.24. The molecule has 132 valence electrons. The molecule has 3 rings (SSSR count). The number of amides is 2. The summed E-state index contributed by atoms with van der Waals surface area (Å²) in [6.45, 7) is 1.41. The van der Waals surface area contributed by atoms with Crippen LogP contribution in [-0.4, -0.2) is 50.6 Å². The number of hydrogen-bond acceptors (Lipinski definition) is 5. The Balaban J connectivity index is 1.78. The lowest BCUT2D eigenvalue weighted by molar-refractivity contribution is -0.118. The van der Waals surface area contributed by atoms with E-state index in [1.54, 1.807) is 29.2 Å². The Labute approximate surface area is 150 Å². The predicted octanol–water partition coefficient (Wildman–Crippen LogP) is 1.51. The number of nitrogens with two attached hydrogens (primary N) is 1. The van der Waals surface area contributed by atoms with E-state index in [9.17, 15) is 9.59 Å². The molecule has 3 heterocycles.